The number of rotatable bonds is 2. The van der Waals surface area contributed by atoms with Crippen molar-refractivity contribution in [2.45, 2.75) is 18.7 Å². The van der Waals surface area contributed by atoms with Gasteiger partial charge in [-0.2, -0.15) is 5.10 Å². The highest BCUT2D eigenvalue weighted by molar-refractivity contribution is 6.30. The van der Waals surface area contributed by atoms with Crippen LogP contribution in [0.25, 0.3) is 0 Å². The maximum Gasteiger partial charge on any atom is 0.217 e. The Morgan fingerprint density at radius 3 is 2.64 bits per heavy atom. The van der Waals surface area contributed by atoms with Crippen molar-refractivity contribution in [2.75, 3.05) is 0 Å². The molecule has 0 spiro atoms. The molecule has 1 N–H and O–H groups in total. The largest absolute Gasteiger partial charge is 0.507 e. The fourth-order valence-corrected chi connectivity index (χ4v) is 3.96. The number of halogens is 2. The summed E-state index contributed by atoms with van der Waals surface area (Å²) in [6, 6.07) is 19.0. The summed E-state index contributed by atoms with van der Waals surface area (Å²) in [5.74, 6) is 0.567. The van der Waals surface area contributed by atoms with Crippen LogP contribution in [0.4, 0.5) is 4.39 Å². The Morgan fingerprint density at radius 1 is 1.04 bits per heavy atom. The molecule has 0 aliphatic carbocycles. The number of phenols is 1. The third kappa shape index (κ3) is 2.79. The average molecular weight is 395 g/mol. The van der Waals surface area contributed by atoms with Crippen LogP contribution in [0.2, 0.25) is 5.02 Å². The highest BCUT2D eigenvalue weighted by Gasteiger charge is 2.41. The van der Waals surface area contributed by atoms with E-state index in [1.165, 1.54) is 12.1 Å². The molecule has 2 aliphatic heterocycles. The summed E-state index contributed by atoms with van der Waals surface area (Å²) in [6.45, 7) is 0. The van der Waals surface area contributed by atoms with Crippen LogP contribution in [0.1, 0.15) is 35.4 Å². The normalized spacial score (nSPS) is 20.2. The minimum atomic E-state index is -0.614. The minimum Gasteiger partial charge on any atom is -0.507 e. The van der Waals surface area contributed by atoms with Gasteiger partial charge in [0.25, 0.3) is 0 Å². The van der Waals surface area contributed by atoms with E-state index in [9.17, 15) is 9.50 Å². The Kier molecular flexibility index (Phi) is 3.98. The van der Waals surface area contributed by atoms with Gasteiger partial charge in [0.05, 0.1) is 17.3 Å². The molecule has 0 aromatic heterocycles. The van der Waals surface area contributed by atoms with Gasteiger partial charge < -0.3 is 9.84 Å². The Balaban J connectivity index is 1.62. The summed E-state index contributed by atoms with van der Waals surface area (Å²) in [7, 11) is 0. The maximum atomic E-state index is 13.3. The fourth-order valence-electron chi connectivity index (χ4n) is 3.78. The second-order valence-corrected chi connectivity index (χ2v) is 7.30. The summed E-state index contributed by atoms with van der Waals surface area (Å²) in [6.07, 6.45) is 0.0423. The number of benzene rings is 3. The monoisotopic (exact) mass is 394 g/mol. The molecule has 2 heterocycles. The van der Waals surface area contributed by atoms with Gasteiger partial charge in [-0.05, 0) is 42.0 Å². The quantitative estimate of drug-likeness (QED) is 0.630. The molecule has 6 heteroatoms. The number of hydrogen-bond acceptors (Lipinski definition) is 4. The van der Waals surface area contributed by atoms with E-state index in [1.807, 2.05) is 29.3 Å². The lowest BCUT2D eigenvalue weighted by Gasteiger charge is -2.38. The molecule has 0 saturated carbocycles. The molecule has 0 saturated heterocycles. The first kappa shape index (κ1) is 17.1. The summed E-state index contributed by atoms with van der Waals surface area (Å²) in [5.41, 5.74) is 3.29. The third-order valence-electron chi connectivity index (χ3n) is 5.13. The van der Waals surface area contributed by atoms with Crippen LogP contribution >= 0.6 is 11.6 Å². The number of para-hydroxylation sites is 1. The van der Waals surface area contributed by atoms with E-state index in [1.54, 1.807) is 30.3 Å². The van der Waals surface area contributed by atoms with Gasteiger partial charge >= 0.3 is 0 Å². The SMILES string of the molecule is Oc1ccc(Cl)cc1[C@@H]1Oc2ccccc2[C@@H]2CC(c3ccc(F)cc3)=NN21. The zero-order valence-electron chi connectivity index (χ0n) is 14.7. The standard InChI is InChI=1S/C22H16ClFN2O2/c23-14-7-10-20(27)17(11-14)22-26-19(16-3-1-2-4-21(16)28-22)12-18(25-26)13-5-8-15(24)9-6-13/h1-11,19,22,27H,12H2/t19-,22-/m0/s1. The summed E-state index contributed by atoms with van der Waals surface area (Å²) < 4.78 is 19.5. The molecule has 140 valence electrons. The maximum absolute atomic E-state index is 13.3. The van der Waals surface area contributed by atoms with Crippen molar-refractivity contribution in [2.24, 2.45) is 5.10 Å². The van der Waals surface area contributed by atoms with Gasteiger partial charge in [-0.25, -0.2) is 9.40 Å². The number of nitrogens with zero attached hydrogens (tertiary/aromatic N) is 2. The van der Waals surface area contributed by atoms with E-state index in [2.05, 4.69) is 0 Å². The minimum absolute atomic E-state index is 0.0478. The van der Waals surface area contributed by atoms with Gasteiger partial charge in [0.1, 0.15) is 17.3 Å². The molecular weight excluding hydrogens is 379 g/mol. The van der Waals surface area contributed by atoms with Crippen LogP contribution in [-0.2, 0) is 0 Å². The van der Waals surface area contributed by atoms with Crippen molar-refractivity contribution in [1.82, 2.24) is 5.01 Å². The molecule has 28 heavy (non-hydrogen) atoms. The van der Waals surface area contributed by atoms with Crippen molar-refractivity contribution in [3.05, 3.63) is 94.3 Å². The van der Waals surface area contributed by atoms with E-state index in [0.29, 0.717) is 17.0 Å². The Bertz CT molecular complexity index is 1080. The van der Waals surface area contributed by atoms with Crippen molar-refractivity contribution < 1.29 is 14.2 Å². The number of aromatic hydroxyl groups is 1. The lowest BCUT2D eigenvalue weighted by molar-refractivity contribution is -0.0203. The van der Waals surface area contributed by atoms with E-state index < -0.39 is 6.23 Å². The molecule has 2 atom stereocenters. The van der Waals surface area contributed by atoms with Crippen LogP contribution in [0.15, 0.2) is 71.8 Å². The third-order valence-corrected chi connectivity index (χ3v) is 5.37. The predicted molar refractivity (Wildman–Crippen MR) is 105 cm³/mol. The van der Waals surface area contributed by atoms with Crippen molar-refractivity contribution in [1.29, 1.82) is 0 Å². The van der Waals surface area contributed by atoms with Crippen LogP contribution in [0.5, 0.6) is 11.5 Å². The fraction of sp³-hybridized carbons (Fsp3) is 0.136. The molecule has 0 unspecified atom stereocenters. The predicted octanol–water partition coefficient (Wildman–Crippen LogP) is 5.43. The van der Waals surface area contributed by atoms with Gasteiger partial charge in [-0.1, -0.05) is 41.9 Å². The first-order chi connectivity index (χ1) is 13.6. The van der Waals surface area contributed by atoms with Crippen molar-refractivity contribution in [3.63, 3.8) is 0 Å². The molecule has 0 bridgehead atoms. The van der Waals surface area contributed by atoms with Gasteiger partial charge in [-0.3, -0.25) is 0 Å². The molecule has 4 nitrogen and oxygen atoms in total. The second kappa shape index (κ2) is 6.53. The first-order valence-corrected chi connectivity index (χ1v) is 9.34. The number of fused-ring (bicyclic) bond motifs is 3. The van der Waals surface area contributed by atoms with Crippen LogP contribution < -0.4 is 4.74 Å². The highest BCUT2D eigenvalue weighted by Crippen LogP contribution is 2.48. The van der Waals surface area contributed by atoms with Gasteiger partial charge in [0.15, 0.2) is 0 Å². The van der Waals surface area contributed by atoms with Crippen molar-refractivity contribution in [3.8, 4) is 11.5 Å². The van der Waals surface area contributed by atoms with Crippen molar-refractivity contribution >= 4 is 17.3 Å². The molecule has 5 rings (SSSR count). The number of hydrogen-bond donors (Lipinski definition) is 1. The molecule has 0 fully saturated rings. The second-order valence-electron chi connectivity index (χ2n) is 6.86. The van der Waals surface area contributed by atoms with E-state index >= 15 is 0 Å². The summed E-state index contributed by atoms with van der Waals surface area (Å²) >= 11 is 6.16. The lowest BCUT2D eigenvalue weighted by atomic mass is 9.96. The average Bonchev–Trinajstić information content (AvgIpc) is 3.15. The molecule has 3 aromatic carbocycles. The summed E-state index contributed by atoms with van der Waals surface area (Å²) in [4.78, 5) is 0. The summed E-state index contributed by atoms with van der Waals surface area (Å²) in [5, 5.41) is 17.6. The van der Waals surface area contributed by atoms with Crippen LogP contribution in [-0.4, -0.2) is 15.8 Å². The molecule has 3 aromatic rings. The topological polar surface area (TPSA) is 45.1 Å². The highest BCUT2D eigenvalue weighted by atomic mass is 35.5. The lowest BCUT2D eigenvalue weighted by Crippen LogP contribution is -2.33. The zero-order valence-corrected chi connectivity index (χ0v) is 15.5. The van der Waals surface area contributed by atoms with Gasteiger partial charge in [-0.15, -0.1) is 0 Å². The smallest absolute Gasteiger partial charge is 0.217 e. The molecular formula is C22H16ClFN2O2. The molecule has 2 aliphatic rings. The molecule has 0 amide bonds. The number of ether oxygens (including phenoxy) is 1. The first-order valence-electron chi connectivity index (χ1n) is 8.96. The van der Waals surface area contributed by atoms with E-state index in [4.69, 9.17) is 21.4 Å². The van der Waals surface area contributed by atoms with Gasteiger partial charge in [0, 0.05) is 17.0 Å². The van der Waals surface area contributed by atoms with Crippen LogP contribution in [0, 0.1) is 5.82 Å². The van der Waals surface area contributed by atoms with E-state index in [0.717, 1.165) is 22.6 Å². The van der Waals surface area contributed by atoms with Crippen LogP contribution in [0.3, 0.4) is 0 Å². The van der Waals surface area contributed by atoms with E-state index in [-0.39, 0.29) is 17.6 Å². The Labute approximate surface area is 166 Å². The molecule has 0 radical (unpaired) electrons. The zero-order chi connectivity index (χ0) is 19.3. The number of phenolic OH excluding ortho intramolecular Hbond substituents is 1. The van der Waals surface area contributed by atoms with Gasteiger partial charge in [0.2, 0.25) is 6.23 Å². The number of hydrazone groups is 1. The Hall–Kier alpha value is -3.05. The Morgan fingerprint density at radius 2 is 1.82 bits per heavy atom.